The zero-order valence-corrected chi connectivity index (χ0v) is 9.41. The Morgan fingerprint density at radius 3 is 2.19 bits per heavy atom. The Kier molecular flexibility index (Phi) is 3.78. The molecular weight excluding hydrogens is 196 g/mol. The Morgan fingerprint density at radius 1 is 1.00 bits per heavy atom. The maximum absolute atomic E-state index is 3.24. The standard InChI is InChI=1S/C13H16N2.CH4/c1-14-11-8-4-6-10-7-5-9-12(13(10)11)15(2)3;/h4-9,14H,1-3H3;1H4. The predicted molar refractivity (Wildman–Crippen MR) is 74.6 cm³/mol. The lowest BCUT2D eigenvalue weighted by Crippen LogP contribution is -2.09. The highest BCUT2D eigenvalue weighted by molar-refractivity contribution is 6.03. The lowest BCUT2D eigenvalue weighted by molar-refractivity contribution is 1.14. The van der Waals surface area contributed by atoms with Gasteiger partial charge >= 0.3 is 0 Å². The summed E-state index contributed by atoms with van der Waals surface area (Å²) in [5, 5.41) is 5.79. The first kappa shape index (κ1) is 12.4. The zero-order valence-electron chi connectivity index (χ0n) is 9.41. The van der Waals surface area contributed by atoms with Crippen LogP contribution in [0.25, 0.3) is 10.8 Å². The number of benzene rings is 2. The summed E-state index contributed by atoms with van der Waals surface area (Å²) in [7, 11) is 6.10. The van der Waals surface area contributed by atoms with Crippen molar-refractivity contribution in [2.45, 2.75) is 7.43 Å². The van der Waals surface area contributed by atoms with Crippen LogP contribution >= 0.6 is 0 Å². The second kappa shape index (κ2) is 4.88. The van der Waals surface area contributed by atoms with Crippen LogP contribution in [0.2, 0.25) is 0 Å². The Balaban J connectivity index is 0.00000128. The topological polar surface area (TPSA) is 15.3 Å². The largest absolute Gasteiger partial charge is 0.388 e. The minimum atomic E-state index is 0. The zero-order chi connectivity index (χ0) is 10.8. The molecule has 0 heterocycles. The highest BCUT2D eigenvalue weighted by Gasteiger charge is 2.05. The van der Waals surface area contributed by atoms with Crippen molar-refractivity contribution < 1.29 is 0 Å². The second-order valence-corrected chi connectivity index (χ2v) is 3.83. The minimum absolute atomic E-state index is 0. The normalized spacial score (nSPS) is 9.69. The smallest absolute Gasteiger partial charge is 0.0461 e. The molecule has 0 atom stereocenters. The summed E-state index contributed by atoms with van der Waals surface area (Å²) >= 11 is 0. The van der Waals surface area contributed by atoms with Gasteiger partial charge < -0.3 is 10.2 Å². The van der Waals surface area contributed by atoms with Crippen molar-refractivity contribution in [1.82, 2.24) is 0 Å². The molecule has 2 nitrogen and oxygen atoms in total. The second-order valence-electron chi connectivity index (χ2n) is 3.83. The first-order valence-electron chi connectivity index (χ1n) is 5.11. The van der Waals surface area contributed by atoms with Gasteiger partial charge in [-0.05, 0) is 17.5 Å². The van der Waals surface area contributed by atoms with Gasteiger partial charge in [-0.15, -0.1) is 0 Å². The highest BCUT2D eigenvalue weighted by atomic mass is 15.1. The molecule has 1 N–H and O–H groups in total. The lowest BCUT2D eigenvalue weighted by Gasteiger charge is -2.17. The maximum atomic E-state index is 3.24. The molecule has 0 amide bonds. The minimum Gasteiger partial charge on any atom is -0.388 e. The van der Waals surface area contributed by atoms with Crippen molar-refractivity contribution in [2.75, 3.05) is 31.4 Å². The van der Waals surface area contributed by atoms with Crippen molar-refractivity contribution in [1.29, 1.82) is 0 Å². The molecule has 2 aromatic rings. The van der Waals surface area contributed by atoms with E-state index in [0.29, 0.717) is 0 Å². The molecule has 0 bridgehead atoms. The number of hydrogen-bond acceptors (Lipinski definition) is 2. The van der Waals surface area contributed by atoms with Gasteiger partial charge in [0.05, 0.1) is 0 Å². The van der Waals surface area contributed by atoms with Gasteiger partial charge in [0.2, 0.25) is 0 Å². The van der Waals surface area contributed by atoms with Crippen molar-refractivity contribution >= 4 is 22.1 Å². The van der Waals surface area contributed by atoms with Gasteiger partial charge in [0.15, 0.2) is 0 Å². The monoisotopic (exact) mass is 216 g/mol. The summed E-state index contributed by atoms with van der Waals surface area (Å²) < 4.78 is 0. The molecule has 0 saturated heterocycles. The van der Waals surface area contributed by atoms with E-state index in [2.05, 4.69) is 60.7 Å². The molecule has 0 unspecified atom stereocenters. The Hall–Kier alpha value is -1.70. The molecule has 0 radical (unpaired) electrons. The Bertz CT molecular complexity index is 470. The predicted octanol–water partition coefficient (Wildman–Crippen LogP) is 3.58. The Morgan fingerprint density at radius 2 is 1.62 bits per heavy atom. The average Bonchev–Trinajstić information content (AvgIpc) is 2.27. The SMILES string of the molecule is C.CNc1cccc2cccc(N(C)C)c12. The van der Waals surface area contributed by atoms with E-state index in [4.69, 9.17) is 0 Å². The number of nitrogens with zero attached hydrogens (tertiary/aromatic N) is 1. The van der Waals surface area contributed by atoms with E-state index in [0.717, 1.165) is 0 Å². The van der Waals surface area contributed by atoms with Crippen LogP contribution in [-0.2, 0) is 0 Å². The van der Waals surface area contributed by atoms with Crippen LogP contribution in [-0.4, -0.2) is 21.1 Å². The lowest BCUT2D eigenvalue weighted by atomic mass is 10.1. The van der Waals surface area contributed by atoms with E-state index in [1.165, 1.54) is 22.1 Å². The van der Waals surface area contributed by atoms with Gasteiger partial charge in [-0.1, -0.05) is 31.7 Å². The summed E-state index contributed by atoms with van der Waals surface area (Å²) in [6, 6.07) is 12.7. The first-order chi connectivity index (χ1) is 7.24. The molecule has 16 heavy (non-hydrogen) atoms. The third kappa shape index (κ3) is 1.96. The fourth-order valence-electron chi connectivity index (χ4n) is 1.90. The molecule has 0 aromatic heterocycles. The van der Waals surface area contributed by atoms with E-state index in [9.17, 15) is 0 Å². The van der Waals surface area contributed by atoms with Crippen molar-refractivity contribution in [3.63, 3.8) is 0 Å². The molecule has 0 aliphatic carbocycles. The molecule has 2 aromatic carbocycles. The molecule has 2 heteroatoms. The molecule has 0 aliphatic rings. The molecule has 0 fully saturated rings. The maximum Gasteiger partial charge on any atom is 0.0461 e. The van der Waals surface area contributed by atoms with Crippen LogP contribution in [0.1, 0.15) is 7.43 Å². The summed E-state index contributed by atoms with van der Waals surface area (Å²) in [4.78, 5) is 2.14. The van der Waals surface area contributed by atoms with Crippen LogP contribution in [0, 0.1) is 0 Å². The van der Waals surface area contributed by atoms with Crippen molar-refractivity contribution in [3.05, 3.63) is 36.4 Å². The van der Waals surface area contributed by atoms with Gasteiger partial charge in [0.1, 0.15) is 0 Å². The van der Waals surface area contributed by atoms with Gasteiger partial charge in [-0.3, -0.25) is 0 Å². The number of nitrogens with one attached hydrogen (secondary N) is 1. The van der Waals surface area contributed by atoms with Crippen molar-refractivity contribution in [3.8, 4) is 0 Å². The summed E-state index contributed by atoms with van der Waals surface area (Å²) in [5.74, 6) is 0. The molecule has 0 spiro atoms. The van der Waals surface area contributed by atoms with Crippen molar-refractivity contribution in [2.24, 2.45) is 0 Å². The van der Waals surface area contributed by atoms with Gasteiger partial charge in [-0.25, -0.2) is 0 Å². The molecule has 2 rings (SSSR count). The number of rotatable bonds is 2. The molecule has 0 aliphatic heterocycles. The highest BCUT2D eigenvalue weighted by Crippen LogP contribution is 2.31. The van der Waals surface area contributed by atoms with Crippen LogP contribution in [0.5, 0.6) is 0 Å². The van der Waals surface area contributed by atoms with E-state index < -0.39 is 0 Å². The summed E-state index contributed by atoms with van der Waals surface area (Å²) in [5.41, 5.74) is 2.43. The van der Waals surface area contributed by atoms with Crippen LogP contribution < -0.4 is 10.2 Å². The fraction of sp³-hybridized carbons (Fsp3) is 0.286. The Labute approximate surface area is 97.9 Å². The van der Waals surface area contributed by atoms with Gasteiger partial charge in [-0.2, -0.15) is 0 Å². The van der Waals surface area contributed by atoms with Gasteiger partial charge in [0.25, 0.3) is 0 Å². The third-order valence-corrected chi connectivity index (χ3v) is 2.63. The quantitative estimate of drug-likeness (QED) is 0.825. The van der Waals surface area contributed by atoms with E-state index in [1.54, 1.807) is 0 Å². The number of hydrogen-bond donors (Lipinski definition) is 1. The first-order valence-corrected chi connectivity index (χ1v) is 5.11. The summed E-state index contributed by atoms with van der Waals surface area (Å²) in [6.45, 7) is 0. The van der Waals surface area contributed by atoms with Crippen LogP contribution in [0.3, 0.4) is 0 Å². The van der Waals surface area contributed by atoms with Crippen LogP contribution in [0.15, 0.2) is 36.4 Å². The number of anilines is 2. The molecule has 86 valence electrons. The summed E-state index contributed by atoms with van der Waals surface area (Å²) in [6.07, 6.45) is 0. The fourth-order valence-corrected chi connectivity index (χ4v) is 1.90. The van der Waals surface area contributed by atoms with Gasteiger partial charge in [0, 0.05) is 37.9 Å². The van der Waals surface area contributed by atoms with E-state index >= 15 is 0 Å². The number of fused-ring (bicyclic) bond motifs is 1. The molecular formula is C14H20N2. The third-order valence-electron chi connectivity index (χ3n) is 2.63. The molecule has 0 saturated carbocycles. The van der Waals surface area contributed by atoms with E-state index in [-0.39, 0.29) is 7.43 Å². The van der Waals surface area contributed by atoms with Crippen LogP contribution in [0.4, 0.5) is 11.4 Å². The average molecular weight is 216 g/mol. The van der Waals surface area contributed by atoms with E-state index in [1.807, 2.05) is 7.05 Å².